The molecule has 3 aromatic heterocycles. The summed E-state index contributed by atoms with van der Waals surface area (Å²) < 4.78 is 38.1. The van der Waals surface area contributed by atoms with E-state index in [-0.39, 0.29) is 5.13 Å². The summed E-state index contributed by atoms with van der Waals surface area (Å²) in [6, 6.07) is 5.43. The van der Waals surface area contributed by atoms with Crippen molar-refractivity contribution in [2.45, 2.75) is 19.0 Å². The number of thiazole rings is 1. The van der Waals surface area contributed by atoms with Crippen LogP contribution in [0.4, 0.5) is 24.1 Å². The molecule has 0 saturated heterocycles. The number of nitriles is 1. The van der Waals surface area contributed by atoms with Crippen LogP contribution in [-0.4, -0.2) is 27.9 Å². The summed E-state index contributed by atoms with van der Waals surface area (Å²) in [5.74, 6) is -0.770. The van der Waals surface area contributed by atoms with Gasteiger partial charge in [0.1, 0.15) is 16.8 Å². The molecule has 7 nitrogen and oxygen atoms in total. The van der Waals surface area contributed by atoms with E-state index in [9.17, 15) is 23.2 Å². The van der Waals surface area contributed by atoms with Gasteiger partial charge < -0.3 is 10.6 Å². The average molecular weight is 432 g/mol. The van der Waals surface area contributed by atoms with Gasteiger partial charge in [0.05, 0.1) is 17.7 Å². The fourth-order valence-corrected chi connectivity index (χ4v) is 3.27. The largest absolute Gasteiger partial charge is 0.427 e. The molecule has 154 valence electrons. The Morgan fingerprint density at radius 3 is 2.53 bits per heavy atom. The maximum absolute atomic E-state index is 12.7. The normalized spacial score (nSPS) is 12.1. The smallest absolute Gasteiger partial charge is 0.372 e. The van der Waals surface area contributed by atoms with Crippen LogP contribution in [0.3, 0.4) is 0 Å². The van der Waals surface area contributed by atoms with E-state index in [2.05, 4.69) is 31.7 Å². The number of amides is 1. The standard InChI is InChI=1S/C19H15F3N6OS/c1-10(17(29)28-18-27-9-15(30-18)19(20,21)22)12-4-13(7-25-6-12)14-3-11(5-23)16(24-2)26-8-14/h3-4,6-10H,1-2H3,(H,24,26)(H,27,28,29). The quantitative estimate of drug-likeness (QED) is 0.624. The molecule has 1 atom stereocenters. The van der Waals surface area contributed by atoms with E-state index in [1.807, 2.05) is 0 Å². The first-order valence-electron chi connectivity index (χ1n) is 8.60. The van der Waals surface area contributed by atoms with E-state index >= 15 is 0 Å². The molecule has 1 unspecified atom stereocenters. The van der Waals surface area contributed by atoms with Crippen molar-refractivity contribution < 1.29 is 18.0 Å². The third-order valence-electron chi connectivity index (χ3n) is 4.25. The van der Waals surface area contributed by atoms with E-state index in [1.165, 1.54) is 6.20 Å². The van der Waals surface area contributed by atoms with Gasteiger partial charge in [-0.05, 0) is 24.6 Å². The van der Waals surface area contributed by atoms with Gasteiger partial charge in [-0.2, -0.15) is 18.4 Å². The molecule has 0 bridgehead atoms. The molecule has 2 N–H and O–H groups in total. The van der Waals surface area contributed by atoms with Gasteiger partial charge in [0.15, 0.2) is 5.13 Å². The van der Waals surface area contributed by atoms with Crippen molar-refractivity contribution in [3.8, 4) is 17.2 Å². The Balaban J connectivity index is 1.80. The molecule has 1 amide bonds. The zero-order valence-corrected chi connectivity index (χ0v) is 16.6. The maximum atomic E-state index is 12.7. The Hall–Kier alpha value is -3.52. The first-order chi connectivity index (χ1) is 14.2. The number of pyridine rings is 2. The lowest BCUT2D eigenvalue weighted by Gasteiger charge is -2.12. The SMILES string of the molecule is CNc1ncc(-c2cncc(C(C)C(=O)Nc3ncc(C(F)(F)F)s3)c2)cc1C#N. The number of hydrogen-bond acceptors (Lipinski definition) is 7. The van der Waals surface area contributed by atoms with Crippen LogP contribution in [0.1, 0.15) is 28.8 Å². The van der Waals surface area contributed by atoms with Crippen molar-refractivity contribution in [2.24, 2.45) is 0 Å². The van der Waals surface area contributed by atoms with Gasteiger partial charge in [0.2, 0.25) is 5.91 Å². The molecule has 0 aromatic carbocycles. The zero-order chi connectivity index (χ0) is 21.9. The molecule has 0 aliphatic carbocycles. The van der Waals surface area contributed by atoms with Crippen LogP contribution < -0.4 is 10.6 Å². The Bertz CT molecular complexity index is 1120. The summed E-state index contributed by atoms with van der Waals surface area (Å²) in [6.45, 7) is 1.61. The highest BCUT2D eigenvalue weighted by Crippen LogP contribution is 2.35. The van der Waals surface area contributed by atoms with Gasteiger partial charge >= 0.3 is 6.18 Å². The van der Waals surface area contributed by atoms with Crippen LogP contribution in [0, 0.1) is 11.3 Å². The van der Waals surface area contributed by atoms with Gasteiger partial charge in [-0.15, -0.1) is 0 Å². The second-order valence-electron chi connectivity index (χ2n) is 6.23. The number of alkyl halides is 3. The van der Waals surface area contributed by atoms with Crippen molar-refractivity contribution in [3.05, 3.63) is 52.9 Å². The molecule has 0 spiro atoms. The van der Waals surface area contributed by atoms with Crippen LogP contribution in [0.25, 0.3) is 11.1 Å². The Labute approximate surface area is 173 Å². The summed E-state index contributed by atoms with van der Waals surface area (Å²) in [6.07, 6.45) is 0.816. The van der Waals surface area contributed by atoms with E-state index in [0.29, 0.717) is 45.6 Å². The molecule has 0 aliphatic heterocycles. The molecular formula is C19H15F3N6OS. The van der Waals surface area contributed by atoms with Crippen molar-refractivity contribution in [2.75, 3.05) is 17.7 Å². The Morgan fingerprint density at radius 1 is 1.17 bits per heavy atom. The average Bonchev–Trinajstić information content (AvgIpc) is 3.21. The molecule has 0 fully saturated rings. The zero-order valence-electron chi connectivity index (χ0n) is 15.8. The van der Waals surface area contributed by atoms with Gasteiger partial charge in [-0.1, -0.05) is 11.3 Å². The topological polar surface area (TPSA) is 104 Å². The molecule has 0 radical (unpaired) electrons. The minimum atomic E-state index is -4.51. The highest BCUT2D eigenvalue weighted by atomic mass is 32.1. The van der Waals surface area contributed by atoms with Crippen LogP contribution in [-0.2, 0) is 11.0 Å². The molecule has 3 rings (SSSR count). The molecule has 3 aromatic rings. The number of nitrogens with one attached hydrogen (secondary N) is 2. The minimum absolute atomic E-state index is 0.131. The van der Waals surface area contributed by atoms with Crippen molar-refractivity contribution >= 4 is 28.2 Å². The van der Waals surface area contributed by atoms with Crippen LogP contribution in [0.15, 0.2) is 36.9 Å². The van der Waals surface area contributed by atoms with Gasteiger partial charge in [0.25, 0.3) is 0 Å². The number of rotatable bonds is 5. The van der Waals surface area contributed by atoms with Gasteiger partial charge in [-0.3, -0.25) is 9.78 Å². The second kappa shape index (κ2) is 8.46. The van der Waals surface area contributed by atoms with Crippen LogP contribution in [0.5, 0.6) is 0 Å². The fraction of sp³-hybridized carbons (Fsp3) is 0.211. The number of nitrogens with zero attached hydrogens (tertiary/aromatic N) is 4. The van der Waals surface area contributed by atoms with E-state index in [1.54, 1.807) is 38.5 Å². The Kier molecular flexibility index (Phi) is 5.98. The number of carbonyl (C=O) groups is 1. The summed E-state index contributed by atoms with van der Waals surface area (Å²) in [7, 11) is 1.66. The predicted octanol–water partition coefficient (Wildman–Crippen LogP) is 4.27. The van der Waals surface area contributed by atoms with Gasteiger partial charge in [0, 0.05) is 36.8 Å². The van der Waals surface area contributed by atoms with Crippen molar-refractivity contribution in [3.63, 3.8) is 0 Å². The lowest BCUT2D eigenvalue weighted by atomic mass is 9.98. The van der Waals surface area contributed by atoms with E-state index in [0.717, 1.165) is 0 Å². The summed E-state index contributed by atoms with van der Waals surface area (Å²) in [5.41, 5.74) is 2.19. The molecular weight excluding hydrogens is 417 g/mol. The van der Waals surface area contributed by atoms with Crippen molar-refractivity contribution in [1.82, 2.24) is 15.0 Å². The monoisotopic (exact) mass is 432 g/mol. The number of aromatic nitrogens is 3. The van der Waals surface area contributed by atoms with E-state index < -0.39 is 22.9 Å². The third kappa shape index (κ3) is 4.55. The summed E-state index contributed by atoms with van der Waals surface area (Å²) in [4.78, 5) is 23.5. The number of carbonyl (C=O) groups excluding carboxylic acids is 1. The number of halogens is 3. The molecule has 0 saturated carbocycles. The number of hydrogen-bond donors (Lipinski definition) is 2. The third-order valence-corrected chi connectivity index (χ3v) is 5.20. The molecule has 0 aliphatic rings. The van der Waals surface area contributed by atoms with Crippen LogP contribution in [0.2, 0.25) is 0 Å². The number of anilines is 2. The minimum Gasteiger partial charge on any atom is -0.372 e. The molecule has 3 heterocycles. The molecule has 11 heteroatoms. The summed E-state index contributed by atoms with van der Waals surface area (Å²) in [5, 5.41) is 14.4. The fourth-order valence-electron chi connectivity index (χ4n) is 2.59. The lowest BCUT2D eigenvalue weighted by molar-refractivity contribution is -0.134. The lowest BCUT2D eigenvalue weighted by Crippen LogP contribution is -2.18. The van der Waals surface area contributed by atoms with Gasteiger partial charge in [-0.25, -0.2) is 9.97 Å². The first-order valence-corrected chi connectivity index (χ1v) is 9.41. The first kappa shape index (κ1) is 21.2. The molecule has 30 heavy (non-hydrogen) atoms. The highest BCUT2D eigenvalue weighted by Gasteiger charge is 2.33. The Morgan fingerprint density at radius 2 is 1.90 bits per heavy atom. The van der Waals surface area contributed by atoms with E-state index in [4.69, 9.17) is 0 Å². The highest BCUT2D eigenvalue weighted by molar-refractivity contribution is 7.15. The second-order valence-corrected chi connectivity index (χ2v) is 7.26. The van der Waals surface area contributed by atoms with Crippen LogP contribution >= 0.6 is 11.3 Å². The van der Waals surface area contributed by atoms with Crippen molar-refractivity contribution in [1.29, 1.82) is 5.26 Å². The predicted molar refractivity (Wildman–Crippen MR) is 106 cm³/mol. The summed E-state index contributed by atoms with van der Waals surface area (Å²) >= 11 is 0.360. The maximum Gasteiger partial charge on any atom is 0.427 e.